The summed E-state index contributed by atoms with van der Waals surface area (Å²) in [5.74, 6) is 0.617. The molecule has 17 heavy (non-hydrogen) atoms. The molecule has 0 bridgehead atoms. The van der Waals surface area contributed by atoms with Crippen molar-refractivity contribution in [2.45, 2.75) is 6.42 Å². The van der Waals surface area contributed by atoms with Gasteiger partial charge in [-0.1, -0.05) is 6.07 Å². The first-order valence-corrected chi connectivity index (χ1v) is 5.51. The summed E-state index contributed by atoms with van der Waals surface area (Å²) in [6, 6.07) is 5.76. The highest BCUT2D eigenvalue weighted by Gasteiger charge is 2.25. The van der Waals surface area contributed by atoms with E-state index >= 15 is 0 Å². The number of ether oxygens (including phenoxy) is 2. The molecule has 0 saturated heterocycles. The second-order valence-corrected chi connectivity index (χ2v) is 3.87. The molecule has 0 radical (unpaired) electrons. The zero-order valence-corrected chi connectivity index (χ0v) is 9.81. The third-order valence-electron chi connectivity index (χ3n) is 2.66. The Labute approximate surface area is 100 Å². The predicted molar refractivity (Wildman–Crippen MR) is 64.1 cm³/mol. The summed E-state index contributed by atoms with van der Waals surface area (Å²) >= 11 is 0. The smallest absolute Gasteiger partial charge is 0.266 e. The highest BCUT2D eigenvalue weighted by atomic mass is 16.5. The fourth-order valence-electron chi connectivity index (χ4n) is 1.84. The zero-order chi connectivity index (χ0) is 12.3. The van der Waals surface area contributed by atoms with Crippen LogP contribution in [-0.2, 0) is 16.0 Å². The fraction of sp³-hybridized carbons (Fsp3) is 0.417. The minimum Gasteiger partial charge on any atom is -0.482 e. The number of hydrogen-bond acceptors (Lipinski definition) is 4. The molecule has 1 aliphatic heterocycles. The molecule has 1 heterocycles. The quantitative estimate of drug-likeness (QED) is 0.827. The van der Waals surface area contributed by atoms with Gasteiger partial charge in [0.1, 0.15) is 12.5 Å². The molecule has 0 aliphatic carbocycles. The summed E-state index contributed by atoms with van der Waals surface area (Å²) in [7, 11) is 1.56. The maximum Gasteiger partial charge on any atom is 0.266 e. The molecule has 0 unspecified atom stereocenters. The highest BCUT2D eigenvalue weighted by molar-refractivity contribution is 5.97. The van der Waals surface area contributed by atoms with Crippen LogP contribution in [0.5, 0.6) is 5.75 Å². The Morgan fingerprint density at radius 2 is 2.35 bits per heavy atom. The average Bonchev–Trinajstić information content (AvgIpc) is 2.33. The van der Waals surface area contributed by atoms with Crippen molar-refractivity contribution in [1.29, 1.82) is 0 Å². The van der Waals surface area contributed by atoms with Gasteiger partial charge in [-0.25, -0.2) is 0 Å². The van der Waals surface area contributed by atoms with Crippen LogP contribution in [-0.4, -0.2) is 32.9 Å². The Morgan fingerprint density at radius 1 is 1.53 bits per heavy atom. The van der Waals surface area contributed by atoms with Gasteiger partial charge in [0.25, 0.3) is 5.91 Å². The molecule has 0 fully saturated rings. The number of benzene rings is 1. The molecule has 0 spiro atoms. The Morgan fingerprint density at radius 3 is 3.06 bits per heavy atom. The molecule has 1 amide bonds. The summed E-state index contributed by atoms with van der Waals surface area (Å²) in [5.41, 5.74) is 7.37. The standard InChI is InChI=1S/C12H16N2O3/c1-16-8-14-10-6-9(4-5-13)2-3-11(10)17-7-12(14)15/h2-3,6H,4-5,7-8,13H2,1H3. The summed E-state index contributed by atoms with van der Waals surface area (Å²) in [6.45, 7) is 0.881. The lowest BCUT2D eigenvalue weighted by molar-refractivity contribution is -0.122. The average molecular weight is 236 g/mol. The van der Waals surface area contributed by atoms with Crippen LogP contribution < -0.4 is 15.4 Å². The van der Waals surface area contributed by atoms with Crippen molar-refractivity contribution in [2.75, 3.05) is 31.9 Å². The van der Waals surface area contributed by atoms with Crippen molar-refractivity contribution in [3.63, 3.8) is 0 Å². The second kappa shape index (κ2) is 5.16. The van der Waals surface area contributed by atoms with Crippen LogP contribution in [0.2, 0.25) is 0 Å². The van der Waals surface area contributed by atoms with E-state index in [2.05, 4.69) is 0 Å². The largest absolute Gasteiger partial charge is 0.482 e. The number of nitrogens with zero attached hydrogens (tertiary/aromatic N) is 1. The zero-order valence-electron chi connectivity index (χ0n) is 9.81. The van der Waals surface area contributed by atoms with Crippen molar-refractivity contribution in [3.05, 3.63) is 23.8 Å². The maximum absolute atomic E-state index is 11.7. The molecular weight excluding hydrogens is 220 g/mol. The Bertz CT molecular complexity index is 420. The Hall–Kier alpha value is -1.59. The minimum atomic E-state index is -0.0933. The van der Waals surface area contributed by atoms with Gasteiger partial charge in [0.2, 0.25) is 0 Å². The van der Waals surface area contributed by atoms with E-state index in [1.807, 2.05) is 18.2 Å². The first-order chi connectivity index (χ1) is 8.26. The summed E-state index contributed by atoms with van der Waals surface area (Å²) in [6.07, 6.45) is 0.780. The van der Waals surface area contributed by atoms with Gasteiger partial charge in [-0.2, -0.15) is 0 Å². The van der Waals surface area contributed by atoms with E-state index in [0.29, 0.717) is 12.3 Å². The van der Waals surface area contributed by atoms with E-state index < -0.39 is 0 Å². The SMILES string of the molecule is COCN1C(=O)COc2ccc(CCN)cc21. The van der Waals surface area contributed by atoms with Gasteiger partial charge < -0.3 is 15.2 Å². The van der Waals surface area contributed by atoms with Crippen LogP contribution in [0, 0.1) is 0 Å². The molecule has 92 valence electrons. The number of carbonyl (C=O) groups excluding carboxylic acids is 1. The molecule has 1 aromatic carbocycles. The molecule has 5 heteroatoms. The predicted octanol–water partition coefficient (Wildman–Crippen LogP) is 0.517. The minimum absolute atomic E-state index is 0.0621. The number of methoxy groups -OCH3 is 1. The lowest BCUT2D eigenvalue weighted by Crippen LogP contribution is -2.40. The first-order valence-electron chi connectivity index (χ1n) is 5.51. The fourth-order valence-corrected chi connectivity index (χ4v) is 1.84. The topological polar surface area (TPSA) is 64.8 Å². The van der Waals surface area contributed by atoms with Crippen molar-refractivity contribution in [3.8, 4) is 5.75 Å². The molecule has 0 saturated carbocycles. The first kappa shape index (κ1) is 11.9. The monoisotopic (exact) mass is 236 g/mol. The number of fused-ring (bicyclic) bond motifs is 1. The van der Waals surface area contributed by atoms with E-state index in [1.165, 1.54) is 0 Å². The van der Waals surface area contributed by atoms with Gasteiger partial charge in [-0.15, -0.1) is 0 Å². The normalized spacial score (nSPS) is 14.5. The van der Waals surface area contributed by atoms with Gasteiger partial charge in [0, 0.05) is 7.11 Å². The number of nitrogens with two attached hydrogens (primary N) is 1. The number of rotatable bonds is 4. The Kier molecular flexibility index (Phi) is 3.61. The van der Waals surface area contributed by atoms with Crippen LogP contribution in [0.4, 0.5) is 5.69 Å². The molecule has 0 aromatic heterocycles. The van der Waals surface area contributed by atoms with E-state index in [1.54, 1.807) is 12.0 Å². The molecule has 1 aromatic rings. The third-order valence-corrected chi connectivity index (χ3v) is 2.66. The van der Waals surface area contributed by atoms with Crippen LogP contribution in [0.1, 0.15) is 5.56 Å². The lowest BCUT2D eigenvalue weighted by Gasteiger charge is -2.29. The number of amides is 1. The molecule has 0 atom stereocenters. The third kappa shape index (κ3) is 2.40. The number of hydrogen-bond donors (Lipinski definition) is 1. The van der Waals surface area contributed by atoms with E-state index in [4.69, 9.17) is 15.2 Å². The highest BCUT2D eigenvalue weighted by Crippen LogP contribution is 2.32. The van der Waals surface area contributed by atoms with Crippen LogP contribution >= 0.6 is 0 Å². The van der Waals surface area contributed by atoms with Crippen molar-refractivity contribution in [2.24, 2.45) is 5.73 Å². The second-order valence-electron chi connectivity index (χ2n) is 3.87. The lowest BCUT2D eigenvalue weighted by atomic mass is 10.1. The van der Waals surface area contributed by atoms with Crippen molar-refractivity contribution < 1.29 is 14.3 Å². The molecule has 2 N–H and O–H groups in total. The molecule has 1 aliphatic rings. The van der Waals surface area contributed by atoms with Crippen LogP contribution in [0.15, 0.2) is 18.2 Å². The van der Waals surface area contributed by atoms with Gasteiger partial charge >= 0.3 is 0 Å². The van der Waals surface area contributed by atoms with Gasteiger partial charge in [0.05, 0.1) is 5.69 Å². The van der Waals surface area contributed by atoms with Gasteiger partial charge in [-0.3, -0.25) is 9.69 Å². The summed E-state index contributed by atoms with van der Waals surface area (Å²) in [5, 5.41) is 0. The van der Waals surface area contributed by atoms with Crippen molar-refractivity contribution >= 4 is 11.6 Å². The maximum atomic E-state index is 11.7. The molecular formula is C12H16N2O3. The summed E-state index contributed by atoms with van der Waals surface area (Å²) in [4.78, 5) is 13.3. The van der Waals surface area contributed by atoms with Gasteiger partial charge in [0.15, 0.2) is 6.61 Å². The van der Waals surface area contributed by atoms with Crippen LogP contribution in [0.3, 0.4) is 0 Å². The summed E-state index contributed by atoms with van der Waals surface area (Å²) < 4.78 is 10.4. The van der Waals surface area contributed by atoms with E-state index in [9.17, 15) is 4.79 Å². The Balaban J connectivity index is 2.34. The van der Waals surface area contributed by atoms with Crippen molar-refractivity contribution in [1.82, 2.24) is 0 Å². The van der Waals surface area contributed by atoms with Gasteiger partial charge in [-0.05, 0) is 30.7 Å². The van der Waals surface area contributed by atoms with E-state index in [-0.39, 0.29) is 19.2 Å². The molecule has 5 nitrogen and oxygen atoms in total. The molecule has 2 rings (SSSR count). The van der Waals surface area contributed by atoms with E-state index in [0.717, 1.165) is 17.7 Å². The number of anilines is 1. The van der Waals surface area contributed by atoms with Crippen LogP contribution in [0.25, 0.3) is 0 Å². The number of carbonyl (C=O) groups is 1.